The highest BCUT2D eigenvalue weighted by atomic mass is 35.5. The number of amides is 1. The van der Waals surface area contributed by atoms with Crippen LogP contribution >= 0.6 is 12.4 Å². The van der Waals surface area contributed by atoms with Gasteiger partial charge >= 0.3 is 0 Å². The highest BCUT2D eigenvalue weighted by Crippen LogP contribution is 2.30. The summed E-state index contributed by atoms with van der Waals surface area (Å²) in [7, 11) is 1.67. The third-order valence-electron chi connectivity index (χ3n) is 3.58. The molecule has 3 N–H and O–H groups in total. The molecular weight excluding hydrogens is 312 g/mol. The summed E-state index contributed by atoms with van der Waals surface area (Å²) >= 11 is 0. The van der Waals surface area contributed by atoms with Gasteiger partial charge in [0.1, 0.15) is 5.75 Å². The van der Waals surface area contributed by atoms with Crippen LogP contribution in [0.5, 0.6) is 5.75 Å². The highest BCUT2D eigenvalue weighted by molar-refractivity contribution is 5.85. The van der Waals surface area contributed by atoms with Crippen LogP contribution in [-0.4, -0.2) is 19.6 Å². The topological polar surface area (TPSA) is 64.3 Å². The summed E-state index contributed by atoms with van der Waals surface area (Å²) in [6.45, 7) is 2.33. The van der Waals surface area contributed by atoms with E-state index in [1.165, 1.54) is 0 Å². The molecule has 0 heterocycles. The number of nitrogens with two attached hydrogens (primary N) is 1. The van der Waals surface area contributed by atoms with Gasteiger partial charge in [-0.25, -0.2) is 0 Å². The fourth-order valence-electron chi connectivity index (χ4n) is 2.36. The standard InChI is InChI=1S/C18H22N2O2.ClH/c1-13(20-18(21)11-12-19)14-7-9-15(10-8-14)16-5-3-4-6-17(16)22-2;/h3-10,13H,11-12,19H2,1-2H3,(H,20,21);1H. The maximum atomic E-state index is 11.6. The number of hydrogen-bond donors (Lipinski definition) is 2. The molecule has 0 spiro atoms. The smallest absolute Gasteiger partial charge is 0.221 e. The maximum absolute atomic E-state index is 11.6. The summed E-state index contributed by atoms with van der Waals surface area (Å²) in [4.78, 5) is 11.6. The summed E-state index contributed by atoms with van der Waals surface area (Å²) in [6, 6.07) is 16.0. The molecule has 5 heteroatoms. The lowest BCUT2D eigenvalue weighted by Gasteiger charge is -2.15. The van der Waals surface area contributed by atoms with Gasteiger partial charge in [-0.1, -0.05) is 42.5 Å². The van der Waals surface area contributed by atoms with E-state index in [0.717, 1.165) is 22.4 Å². The normalized spacial score (nSPS) is 11.3. The second kappa shape index (κ2) is 9.18. The van der Waals surface area contributed by atoms with Crippen molar-refractivity contribution in [2.75, 3.05) is 13.7 Å². The summed E-state index contributed by atoms with van der Waals surface area (Å²) in [6.07, 6.45) is 0.351. The number of rotatable bonds is 6. The molecule has 2 aromatic rings. The Kier molecular flexibility index (Phi) is 7.59. The van der Waals surface area contributed by atoms with Crippen molar-refractivity contribution in [1.29, 1.82) is 0 Å². The summed E-state index contributed by atoms with van der Waals surface area (Å²) < 4.78 is 5.39. The van der Waals surface area contributed by atoms with Crippen LogP contribution in [0.1, 0.15) is 24.9 Å². The van der Waals surface area contributed by atoms with Crippen molar-refractivity contribution in [1.82, 2.24) is 5.32 Å². The molecule has 0 saturated heterocycles. The van der Waals surface area contributed by atoms with Gasteiger partial charge in [0.25, 0.3) is 0 Å². The largest absolute Gasteiger partial charge is 0.496 e. The molecule has 0 saturated carbocycles. The number of carbonyl (C=O) groups excluding carboxylic acids is 1. The fraction of sp³-hybridized carbons (Fsp3) is 0.278. The van der Waals surface area contributed by atoms with Crippen molar-refractivity contribution in [3.63, 3.8) is 0 Å². The van der Waals surface area contributed by atoms with Crippen molar-refractivity contribution in [2.24, 2.45) is 5.73 Å². The van der Waals surface area contributed by atoms with Gasteiger partial charge in [-0.2, -0.15) is 0 Å². The summed E-state index contributed by atoms with van der Waals surface area (Å²) in [5, 5.41) is 2.94. The maximum Gasteiger partial charge on any atom is 0.221 e. The van der Waals surface area contributed by atoms with Crippen molar-refractivity contribution >= 4 is 18.3 Å². The van der Waals surface area contributed by atoms with Crippen molar-refractivity contribution in [3.05, 3.63) is 54.1 Å². The first-order valence-electron chi connectivity index (χ1n) is 7.38. The Bertz CT molecular complexity index is 629. The van der Waals surface area contributed by atoms with E-state index < -0.39 is 0 Å². The molecule has 0 aliphatic heterocycles. The Morgan fingerprint density at radius 3 is 2.43 bits per heavy atom. The average molecular weight is 335 g/mol. The van der Waals surface area contributed by atoms with E-state index in [-0.39, 0.29) is 24.4 Å². The highest BCUT2D eigenvalue weighted by Gasteiger charge is 2.10. The number of halogens is 1. The lowest BCUT2D eigenvalue weighted by atomic mass is 10.0. The molecule has 4 nitrogen and oxygen atoms in total. The van der Waals surface area contributed by atoms with Gasteiger partial charge in [0.05, 0.1) is 13.2 Å². The quantitative estimate of drug-likeness (QED) is 0.851. The number of benzene rings is 2. The van der Waals surface area contributed by atoms with Gasteiger partial charge in [0.2, 0.25) is 5.91 Å². The molecule has 2 rings (SSSR count). The van der Waals surface area contributed by atoms with Crippen molar-refractivity contribution in [3.8, 4) is 16.9 Å². The Morgan fingerprint density at radius 2 is 1.83 bits per heavy atom. The Hall–Kier alpha value is -2.04. The van der Waals surface area contributed by atoms with E-state index >= 15 is 0 Å². The number of carbonyl (C=O) groups is 1. The molecule has 0 bridgehead atoms. The number of ether oxygens (including phenoxy) is 1. The number of hydrogen-bond acceptors (Lipinski definition) is 3. The molecule has 0 aliphatic rings. The molecule has 1 amide bonds. The monoisotopic (exact) mass is 334 g/mol. The van der Waals surface area contributed by atoms with Crippen molar-refractivity contribution in [2.45, 2.75) is 19.4 Å². The minimum Gasteiger partial charge on any atom is -0.496 e. The lowest BCUT2D eigenvalue weighted by Crippen LogP contribution is -2.28. The van der Waals surface area contributed by atoms with Gasteiger partial charge in [-0.05, 0) is 24.1 Å². The first-order valence-corrected chi connectivity index (χ1v) is 7.38. The van der Waals surface area contributed by atoms with E-state index in [2.05, 4.69) is 5.32 Å². The van der Waals surface area contributed by atoms with Gasteiger partial charge in [-0.3, -0.25) is 4.79 Å². The molecule has 1 atom stereocenters. The average Bonchev–Trinajstić information content (AvgIpc) is 2.55. The zero-order chi connectivity index (χ0) is 15.9. The van der Waals surface area contributed by atoms with E-state index in [1.807, 2.05) is 55.5 Å². The van der Waals surface area contributed by atoms with Crippen LogP contribution in [-0.2, 0) is 4.79 Å². The molecule has 124 valence electrons. The van der Waals surface area contributed by atoms with Crippen LogP contribution in [0.25, 0.3) is 11.1 Å². The van der Waals surface area contributed by atoms with Crippen LogP contribution in [0, 0.1) is 0 Å². The first kappa shape index (κ1) is 19.0. The second-order valence-corrected chi connectivity index (χ2v) is 5.15. The minimum atomic E-state index is -0.0363. The van der Waals surface area contributed by atoms with Gasteiger partial charge in [0.15, 0.2) is 0 Å². The SMILES string of the molecule is COc1ccccc1-c1ccc(C(C)NC(=O)CCN)cc1.Cl. The molecule has 0 aliphatic carbocycles. The van der Waals surface area contributed by atoms with E-state index in [1.54, 1.807) is 7.11 Å². The molecular formula is C18H23ClN2O2. The first-order chi connectivity index (χ1) is 10.7. The van der Waals surface area contributed by atoms with Crippen molar-refractivity contribution < 1.29 is 9.53 Å². The molecule has 0 fully saturated rings. The van der Waals surface area contributed by atoms with E-state index in [4.69, 9.17) is 10.5 Å². The minimum absolute atomic E-state index is 0. The molecule has 0 aromatic heterocycles. The van der Waals surface area contributed by atoms with Crippen LogP contribution in [0.4, 0.5) is 0 Å². The third kappa shape index (κ3) is 4.98. The van der Waals surface area contributed by atoms with Gasteiger partial charge < -0.3 is 15.8 Å². The Balaban J connectivity index is 0.00000264. The zero-order valence-corrected chi connectivity index (χ0v) is 14.2. The summed E-state index contributed by atoms with van der Waals surface area (Å²) in [5.41, 5.74) is 8.58. The number of methoxy groups -OCH3 is 1. The van der Waals surface area contributed by atoms with Crippen LogP contribution < -0.4 is 15.8 Å². The van der Waals surface area contributed by atoms with Gasteiger partial charge in [0, 0.05) is 18.5 Å². The summed E-state index contributed by atoms with van der Waals surface area (Å²) in [5.74, 6) is 0.823. The van der Waals surface area contributed by atoms with E-state index in [0.29, 0.717) is 13.0 Å². The predicted octanol–water partition coefficient (Wildman–Crippen LogP) is 3.31. The van der Waals surface area contributed by atoms with Crippen LogP contribution in [0.2, 0.25) is 0 Å². The zero-order valence-electron chi connectivity index (χ0n) is 13.4. The molecule has 0 radical (unpaired) electrons. The van der Waals surface area contributed by atoms with Crippen LogP contribution in [0.3, 0.4) is 0 Å². The second-order valence-electron chi connectivity index (χ2n) is 5.15. The third-order valence-corrected chi connectivity index (χ3v) is 3.58. The molecule has 1 unspecified atom stereocenters. The van der Waals surface area contributed by atoms with E-state index in [9.17, 15) is 4.79 Å². The predicted molar refractivity (Wildman–Crippen MR) is 95.9 cm³/mol. The molecule has 23 heavy (non-hydrogen) atoms. The number of nitrogens with one attached hydrogen (secondary N) is 1. The number of para-hydroxylation sites is 1. The lowest BCUT2D eigenvalue weighted by molar-refractivity contribution is -0.121. The van der Waals surface area contributed by atoms with Crippen LogP contribution in [0.15, 0.2) is 48.5 Å². The van der Waals surface area contributed by atoms with Gasteiger partial charge in [-0.15, -0.1) is 12.4 Å². The Morgan fingerprint density at radius 1 is 1.17 bits per heavy atom. The fourth-order valence-corrected chi connectivity index (χ4v) is 2.36. The molecule has 2 aromatic carbocycles. The Labute approximate surface area is 143 Å².